The summed E-state index contributed by atoms with van der Waals surface area (Å²) in [6.07, 6.45) is 1.77. The Bertz CT molecular complexity index is 1060. The summed E-state index contributed by atoms with van der Waals surface area (Å²) < 4.78 is 48.3. The lowest BCUT2D eigenvalue weighted by Crippen LogP contribution is -2.13. The molecule has 0 radical (unpaired) electrons. The molecular weight excluding hydrogens is 379 g/mol. The number of ether oxygens (including phenoxy) is 1. The van der Waals surface area contributed by atoms with Crippen LogP contribution in [-0.2, 0) is 10.0 Å². The number of primary sulfonamides is 1. The molecule has 0 saturated carbocycles. The van der Waals surface area contributed by atoms with Crippen LogP contribution >= 0.6 is 11.8 Å². The molecule has 3 rings (SSSR count). The number of nitrogens with two attached hydrogens (primary N) is 1. The van der Waals surface area contributed by atoms with E-state index in [2.05, 4.69) is 5.16 Å². The van der Waals surface area contributed by atoms with E-state index in [4.69, 9.17) is 14.4 Å². The zero-order chi connectivity index (χ0) is 18.9. The number of hydrogen-bond donors (Lipinski definition) is 1. The topological polar surface area (TPSA) is 95.4 Å². The van der Waals surface area contributed by atoms with Gasteiger partial charge in [0.05, 0.1) is 17.6 Å². The summed E-state index contributed by atoms with van der Waals surface area (Å²) in [6, 6.07) is 10.6. The Kier molecular flexibility index (Phi) is 5.03. The molecule has 0 saturated heterocycles. The van der Waals surface area contributed by atoms with Crippen molar-refractivity contribution in [3.8, 4) is 28.1 Å². The van der Waals surface area contributed by atoms with Crippen LogP contribution in [0, 0.1) is 5.82 Å². The summed E-state index contributed by atoms with van der Waals surface area (Å²) in [4.78, 5) is -0.0614. The highest BCUT2D eigenvalue weighted by Crippen LogP contribution is 2.41. The Balaban J connectivity index is 2.28. The van der Waals surface area contributed by atoms with Crippen molar-refractivity contribution in [1.82, 2.24) is 5.16 Å². The van der Waals surface area contributed by atoms with Crippen molar-refractivity contribution < 1.29 is 22.1 Å². The summed E-state index contributed by atoms with van der Waals surface area (Å²) in [6.45, 7) is 0. The average molecular weight is 394 g/mol. The van der Waals surface area contributed by atoms with Gasteiger partial charge in [-0.2, -0.15) is 0 Å². The third-order valence-electron chi connectivity index (χ3n) is 3.73. The Labute approximate surface area is 154 Å². The fourth-order valence-corrected chi connectivity index (χ4v) is 3.85. The molecular formula is C17H15FN2O4S2. The predicted octanol–water partition coefficient (Wildman–Crippen LogP) is 3.53. The Morgan fingerprint density at radius 3 is 2.58 bits per heavy atom. The second kappa shape index (κ2) is 7.10. The first-order chi connectivity index (χ1) is 12.4. The third kappa shape index (κ3) is 3.33. The molecule has 0 amide bonds. The molecule has 0 aliphatic heterocycles. The first-order valence-electron chi connectivity index (χ1n) is 7.36. The van der Waals surface area contributed by atoms with Gasteiger partial charge in [0, 0.05) is 11.1 Å². The summed E-state index contributed by atoms with van der Waals surface area (Å²) in [5.74, 6) is -0.474. The second-order valence-electron chi connectivity index (χ2n) is 5.29. The number of aromatic nitrogens is 1. The van der Waals surface area contributed by atoms with Crippen molar-refractivity contribution in [2.24, 2.45) is 5.14 Å². The van der Waals surface area contributed by atoms with Crippen molar-refractivity contribution in [2.45, 2.75) is 9.99 Å². The molecule has 1 aromatic heterocycles. The molecule has 0 fully saturated rings. The minimum Gasteiger partial charge on any atom is -0.494 e. The van der Waals surface area contributed by atoms with Gasteiger partial charge in [0.2, 0.25) is 15.1 Å². The predicted molar refractivity (Wildman–Crippen MR) is 97.0 cm³/mol. The molecule has 0 aliphatic carbocycles. The van der Waals surface area contributed by atoms with Crippen LogP contribution in [-0.4, -0.2) is 26.9 Å². The maximum absolute atomic E-state index is 14.1. The van der Waals surface area contributed by atoms with Crippen LogP contribution in [0.15, 0.2) is 57.0 Å². The van der Waals surface area contributed by atoms with Crippen molar-refractivity contribution in [3.63, 3.8) is 0 Å². The van der Waals surface area contributed by atoms with E-state index >= 15 is 0 Å². The summed E-state index contributed by atoms with van der Waals surface area (Å²) >= 11 is 1.25. The second-order valence-corrected chi connectivity index (χ2v) is 7.60. The highest BCUT2D eigenvalue weighted by molar-refractivity contribution is 7.98. The Morgan fingerprint density at radius 2 is 1.96 bits per heavy atom. The number of thioether (sulfide) groups is 1. The maximum atomic E-state index is 14.1. The van der Waals surface area contributed by atoms with Gasteiger partial charge in [-0.3, -0.25) is 0 Å². The molecule has 2 aromatic carbocycles. The lowest BCUT2D eigenvalue weighted by molar-refractivity contribution is 0.352. The lowest BCUT2D eigenvalue weighted by Gasteiger charge is -2.09. The van der Waals surface area contributed by atoms with Crippen LogP contribution in [0.5, 0.6) is 5.75 Å². The van der Waals surface area contributed by atoms with E-state index < -0.39 is 15.8 Å². The van der Waals surface area contributed by atoms with E-state index in [1.807, 2.05) is 0 Å². The molecule has 136 valence electrons. The molecule has 6 nitrogen and oxygen atoms in total. The van der Waals surface area contributed by atoms with Crippen molar-refractivity contribution in [1.29, 1.82) is 0 Å². The summed E-state index contributed by atoms with van der Waals surface area (Å²) in [5.41, 5.74) is 1.51. The first kappa shape index (κ1) is 18.4. The van der Waals surface area contributed by atoms with Gasteiger partial charge >= 0.3 is 0 Å². The molecule has 1 heterocycles. The standard InChI is InChI=1S/C17H15FN2O4S2/c1-23-13-8-7-10(9-12(13)18)16-15(17(25-2)24-20-16)11-5-3-4-6-14(11)26(19,21)22/h3-9H,1-2H3,(H2,19,21,22). The largest absolute Gasteiger partial charge is 0.494 e. The van der Waals surface area contributed by atoms with Gasteiger partial charge in [0.15, 0.2) is 11.6 Å². The molecule has 0 unspecified atom stereocenters. The van der Waals surface area contributed by atoms with E-state index in [0.717, 1.165) is 0 Å². The molecule has 0 atom stereocenters. The van der Waals surface area contributed by atoms with Crippen LogP contribution in [0.1, 0.15) is 0 Å². The van der Waals surface area contributed by atoms with Gasteiger partial charge in [0.1, 0.15) is 5.69 Å². The molecule has 2 N–H and O–H groups in total. The highest BCUT2D eigenvalue weighted by atomic mass is 32.2. The SMILES string of the molecule is COc1ccc(-c2noc(SC)c2-c2ccccc2S(N)(=O)=O)cc1F. The van der Waals surface area contributed by atoms with Crippen LogP contribution < -0.4 is 9.88 Å². The minimum absolute atomic E-state index is 0.0614. The van der Waals surface area contributed by atoms with Gasteiger partial charge < -0.3 is 9.26 Å². The molecule has 26 heavy (non-hydrogen) atoms. The van der Waals surface area contributed by atoms with Gasteiger partial charge in [-0.1, -0.05) is 35.1 Å². The van der Waals surface area contributed by atoms with E-state index in [9.17, 15) is 12.8 Å². The number of nitrogens with zero attached hydrogens (tertiary/aromatic N) is 1. The zero-order valence-corrected chi connectivity index (χ0v) is 15.5. The number of methoxy groups -OCH3 is 1. The lowest BCUT2D eigenvalue weighted by atomic mass is 10.0. The average Bonchev–Trinajstić information content (AvgIpc) is 3.04. The fraction of sp³-hybridized carbons (Fsp3) is 0.118. The van der Waals surface area contributed by atoms with Crippen molar-refractivity contribution in [3.05, 3.63) is 48.3 Å². The van der Waals surface area contributed by atoms with Crippen LogP contribution in [0.25, 0.3) is 22.4 Å². The summed E-state index contributed by atoms with van der Waals surface area (Å²) in [5, 5.41) is 9.75. The normalized spacial score (nSPS) is 11.5. The van der Waals surface area contributed by atoms with E-state index in [1.54, 1.807) is 30.5 Å². The number of rotatable bonds is 5. The van der Waals surface area contributed by atoms with Crippen LogP contribution in [0.2, 0.25) is 0 Å². The van der Waals surface area contributed by atoms with E-state index in [0.29, 0.717) is 27.5 Å². The quantitative estimate of drug-likeness (QED) is 0.665. The Morgan fingerprint density at radius 1 is 1.23 bits per heavy atom. The van der Waals surface area contributed by atoms with Gasteiger partial charge in [-0.05, 0) is 30.5 Å². The minimum atomic E-state index is -3.98. The van der Waals surface area contributed by atoms with E-state index in [-0.39, 0.29) is 10.6 Å². The molecule has 3 aromatic rings. The van der Waals surface area contributed by atoms with Gasteiger partial charge in [-0.25, -0.2) is 17.9 Å². The highest BCUT2D eigenvalue weighted by Gasteiger charge is 2.25. The number of hydrogen-bond acceptors (Lipinski definition) is 6. The maximum Gasteiger partial charge on any atom is 0.238 e. The van der Waals surface area contributed by atoms with Crippen LogP contribution in [0.4, 0.5) is 4.39 Å². The zero-order valence-electron chi connectivity index (χ0n) is 13.9. The monoisotopic (exact) mass is 394 g/mol. The smallest absolute Gasteiger partial charge is 0.238 e. The number of benzene rings is 2. The number of sulfonamides is 1. The van der Waals surface area contributed by atoms with Crippen molar-refractivity contribution >= 4 is 21.8 Å². The van der Waals surface area contributed by atoms with Crippen molar-refractivity contribution in [2.75, 3.05) is 13.4 Å². The third-order valence-corrected chi connectivity index (χ3v) is 5.35. The van der Waals surface area contributed by atoms with Gasteiger partial charge in [-0.15, -0.1) is 0 Å². The van der Waals surface area contributed by atoms with Crippen LogP contribution in [0.3, 0.4) is 0 Å². The number of halogens is 1. The fourth-order valence-electron chi connectivity index (χ4n) is 2.58. The summed E-state index contributed by atoms with van der Waals surface area (Å²) in [7, 11) is -2.61. The molecule has 0 spiro atoms. The van der Waals surface area contributed by atoms with Gasteiger partial charge in [0.25, 0.3) is 0 Å². The Hall–Kier alpha value is -2.36. The van der Waals surface area contributed by atoms with E-state index in [1.165, 1.54) is 37.1 Å². The molecule has 9 heteroatoms. The first-order valence-corrected chi connectivity index (χ1v) is 10.1. The molecule has 0 bridgehead atoms. The molecule has 0 aliphatic rings.